The Labute approximate surface area is 192 Å². The summed E-state index contributed by atoms with van der Waals surface area (Å²) in [6.45, 7) is 10.4. The minimum Gasteiger partial charge on any atom is -0.436 e. The van der Waals surface area contributed by atoms with Crippen molar-refractivity contribution in [3.8, 4) is 23.8 Å². The van der Waals surface area contributed by atoms with Crippen molar-refractivity contribution in [2.24, 2.45) is 0 Å². The third-order valence-corrected chi connectivity index (χ3v) is 4.86. The van der Waals surface area contributed by atoms with Gasteiger partial charge in [-0.2, -0.15) is 25.5 Å². The zero-order valence-corrected chi connectivity index (χ0v) is 18.9. The number of nitrogens with zero attached hydrogens (tertiary/aromatic N) is 5. The maximum absolute atomic E-state index is 8.89. The molecule has 9 heteroatoms. The average molecular weight is 443 g/mol. The zero-order valence-electron chi connectivity index (χ0n) is 18.9. The molecule has 168 valence electrons. The van der Waals surface area contributed by atoms with Crippen molar-refractivity contribution in [2.75, 3.05) is 17.2 Å². The fraction of sp³-hybridized carbons (Fsp3) is 0.292. The molecule has 2 aromatic heterocycles. The van der Waals surface area contributed by atoms with Crippen LogP contribution >= 0.6 is 0 Å². The van der Waals surface area contributed by atoms with E-state index in [0.29, 0.717) is 54.1 Å². The summed E-state index contributed by atoms with van der Waals surface area (Å²) in [5.74, 6) is 1.89. The van der Waals surface area contributed by atoms with Crippen LogP contribution in [0, 0.1) is 36.5 Å². The second-order valence-electron chi connectivity index (χ2n) is 7.40. The molecule has 0 amide bonds. The van der Waals surface area contributed by atoms with Crippen LogP contribution in [0.5, 0.6) is 11.6 Å². The van der Waals surface area contributed by atoms with Crippen LogP contribution < -0.4 is 15.4 Å². The Bertz CT molecular complexity index is 1240. The van der Waals surface area contributed by atoms with E-state index in [9.17, 15) is 0 Å². The number of nitriles is 2. The number of rotatable bonds is 10. The second-order valence-corrected chi connectivity index (χ2v) is 7.40. The van der Waals surface area contributed by atoms with Crippen LogP contribution in [0.3, 0.4) is 0 Å². The number of H-pyrrole nitrogens is 1. The number of aromatic nitrogens is 4. The lowest BCUT2D eigenvalue weighted by Crippen LogP contribution is -2.18. The highest BCUT2D eigenvalue weighted by atomic mass is 16.5. The van der Waals surface area contributed by atoms with Gasteiger partial charge in [0, 0.05) is 25.1 Å². The van der Waals surface area contributed by atoms with Crippen LogP contribution in [0.4, 0.5) is 11.9 Å². The highest BCUT2D eigenvalue weighted by molar-refractivity contribution is 5.80. The summed E-state index contributed by atoms with van der Waals surface area (Å²) < 4.78 is 6.28. The van der Waals surface area contributed by atoms with E-state index < -0.39 is 0 Å². The first kappa shape index (κ1) is 23.3. The van der Waals surface area contributed by atoms with Crippen LogP contribution in [0.2, 0.25) is 0 Å². The Balaban J connectivity index is 2.03. The number of aryl methyl sites for hydroxylation is 2. The number of anilines is 2. The second kappa shape index (κ2) is 10.8. The van der Waals surface area contributed by atoms with Gasteiger partial charge in [0.05, 0.1) is 12.1 Å². The summed E-state index contributed by atoms with van der Waals surface area (Å²) >= 11 is 0. The number of hydrogen-bond donors (Lipinski definition) is 3. The lowest BCUT2D eigenvalue weighted by atomic mass is 10.1. The molecule has 1 atom stereocenters. The molecule has 3 N–H and O–H groups in total. The smallest absolute Gasteiger partial charge is 0.250 e. The van der Waals surface area contributed by atoms with Crippen molar-refractivity contribution in [3.05, 3.63) is 47.6 Å². The molecule has 3 rings (SSSR count). The lowest BCUT2D eigenvalue weighted by Gasteiger charge is -2.15. The van der Waals surface area contributed by atoms with Crippen LogP contribution in [-0.4, -0.2) is 32.5 Å². The van der Waals surface area contributed by atoms with Crippen molar-refractivity contribution < 1.29 is 4.74 Å². The molecule has 0 aliphatic heterocycles. The lowest BCUT2D eigenvalue weighted by molar-refractivity contribution is 0.460. The number of hydrogen-bond acceptors (Lipinski definition) is 8. The highest BCUT2D eigenvalue weighted by Gasteiger charge is 2.18. The molecule has 0 fully saturated rings. The minimum atomic E-state index is -0.170. The molecule has 9 nitrogen and oxygen atoms in total. The van der Waals surface area contributed by atoms with Crippen molar-refractivity contribution in [1.29, 1.82) is 10.5 Å². The van der Waals surface area contributed by atoms with Gasteiger partial charge < -0.3 is 20.4 Å². The largest absolute Gasteiger partial charge is 0.436 e. The van der Waals surface area contributed by atoms with E-state index in [4.69, 9.17) is 15.3 Å². The van der Waals surface area contributed by atoms with E-state index >= 15 is 0 Å². The number of allylic oxidation sites excluding steroid dienone is 1. The maximum Gasteiger partial charge on any atom is 0.250 e. The zero-order chi connectivity index (χ0) is 23.8. The first-order chi connectivity index (χ1) is 16.0. The fourth-order valence-corrected chi connectivity index (χ4v) is 3.37. The van der Waals surface area contributed by atoms with E-state index in [2.05, 4.69) is 43.2 Å². The summed E-state index contributed by atoms with van der Waals surface area (Å²) in [6, 6.07) is 7.86. The number of imidazole rings is 1. The molecule has 3 aromatic rings. The fourth-order valence-electron chi connectivity index (χ4n) is 3.37. The number of nitrogens with one attached hydrogen (secondary N) is 3. The molecule has 0 aliphatic carbocycles. The number of aromatic amines is 1. The summed E-state index contributed by atoms with van der Waals surface area (Å²) in [6.07, 6.45) is 5.88. The van der Waals surface area contributed by atoms with E-state index in [1.807, 2.05) is 39.0 Å². The molecule has 0 spiro atoms. The monoisotopic (exact) mass is 442 g/mol. The molecule has 0 saturated heterocycles. The van der Waals surface area contributed by atoms with E-state index in [1.165, 1.54) is 6.08 Å². The van der Waals surface area contributed by atoms with Gasteiger partial charge in [0.25, 0.3) is 5.88 Å². The maximum atomic E-state index is 8.89. The highest BCUT2D eigenvalue weighted by Crippen LogP contribution is 2.33. The van der Waals surface area contributed by atoms with E-state index in [0.717, 1.165) is 16.7 Å². The van der Waals surface area contributed by atoms with Crippen molar-refractivity contribution in [3.63, 3.8) is 0 Å². The number of fused-ring (bicyclic) bond motifs is 1. The van der Waals surface area contributed by atoms with Gasteiger partial charge in [-0.25, -0.2) is 0 Å². The van der Waals surface area contributed by atoms with Gasteiger partial charge in [0.15, 0.2) is 11.2 Å². The predicted octanol–water partition coefficient (Wildman–Crippen LogP) is 5.00. The van der Waals surface area contributed by atoms with Crippen LogP contribution in [0.15, 0.2) is 30.9 Å². The van der Waals surface area contributed by atoms with Crippen molar-refractivity contribution in [1.82, 2.24) is 19.9 Å². The van der Waals surface area contributed by atoms with E-state index in [-0.39, 0.29) is 6.04 Å². The SMILES string of the molecule is C=CC(CCC#N)Nc1nc(Oc2c(C)cc(/C=C/C#N)cc2C)c2[nH]c(NCC)nc2n1. The first-order valence-electron chi connectivity index (χ1n) is 10.6. The summed E-state index contributed by atoms with van der Waals surface area (Å²) in [4.78, 5) is 16.8. The molecule has 1 aromatic carbocycles. The van der Waals surface area contributed by atoms with Crippen LogP contribution in [0.1, 0.15) is 36.5 Å². The first-order valence-corrected chi connectivity index (χ1v) is 10.6. The topological polar surface area (TPSA) is 135 Å². The molecule has 0 saturated carbocycles. The third kappa shape index (κ3) is 5.66. The molecule has 1 unspecified atom stereocenters. The Kier molecular flexibility index (Phi) is 7.61. The predicted molar refractivity (Wildman–Crippen MR) is 129 cm³/mol. The molecular formula is C24H26N8O. The summed E-state index contributed by atoms with van der Waals surface area (Å²) in [5.41, 5.74) is 3.73. The Morgan fingerprint density at radius 1 is 1.21 bits per heavy atom. The van der Waals surface area contributed by atoms with Gasteiger partial charge in [-0.1, -0.05) is 6.08 Å². The Morgan fingerprint density at radius 2 is 1.97 bits per heavy atom. The van der Waals surface area contributed by atoms with E-state index in [1.54, 1.807) is 12.2 Å². The molecule has 2 heterocycles. The summed E-state index contributed by atoms with van der Waals surface area (Å²) in [7, 11) is 0. The van der Waals surface area contributed by atoms with Gasteiger partial charge in [-0.05, 0) is 62.1 Å². The standard InChI is InChI=1S/C24H26N8O/c1-5-18(10-8-12-26)28-24-31-21-19(29-23(30-21)27-6-2)22(32-24)33-20-15(3)13-17(9-7-11-25)14-16(20)4/h5,7,9,13-14,18H,1,6,8,10H2,2-4H3,(H3,27,28,29,30,31,32)/b9-7+. The van der Waals surface area contributed by atoms with Crippen LogP contribution in [0.25, 0.3) is 17.2 Å². The molecular weight excluding hydrogens is 416 g/mol. The Morgan fingerprint density at radius 3 is 2.61 bits per heavy atom. The quantitative estimate of drug-likeness (QED) is 0.295. The normalized spacial score (nSPS) is 11.7. The Hall–Kier alpha value is -4.37. The van der Waals surface area contributed by atoms with Crippen molar-refractivity contribution >= 4 is 29.1 Å². The molecule has 0 bridgehead atoms. The van der Waals surface area contributed by atoms with Gasteiger partial charge in [0.1, 0.15) is 5.75 Å². The number of benzene rings is 1. The van der Waals surface area contributed by atoms with Gasteiger partial charge in [0.2, 0.25) is 11.9 Å². The number of ether oxygens (including phenoxy) is 1. The van der Waals surface area contributed by atoms with Crippen LogP contribution in [-0.2, 0) is 0 Å². The molecule has 0 aliphatic rings. The van der Waals surface area contributed by atoms with Gasteiger partial charge >= 0.3 is 0 Å². The minimum absolute atomic E-state index is 0.170. The summed E-state index contributed by atoms with van der Waals surface area (Å²) in [5, 5.41) is 24.0. The average Bonchev–Trinajstić information content (AvgIpc) is 3.20. The van der Waals surface area contributed by atoms with Gasteiger partial charge in [-0.3, -0.25) is 0 Å². The molecule has 0 radical (unpaired) electrons. The van der Waals surface area contributed by atoms with Crippen molar-refractivity contribution in [2.45, 2.75) is 39.7 Å². The van der Waals surface area contributed by atoms with Gasteiger partial charge in [-0.15, -0.1) is 6.58 Å². The third-order valence-electron chi connectivity index (χ3n) is 4.86. The molecule has 33 heavy (non-hydrogen) atoms.